The molecule has 0 saturated heterocycles. The molecule has 9 nitrogen and oxygen atoms in total. The van der Waals surface area contributed by atoms with Crippen molar-refractivity contribution in [3.8, 4) is 5.75 Å². The molecule has 9 heteroatoms. The van der Waals surface area contributed by atoms with Crippen LogP contribution >= 0.6 is 0 Å². The summed E-state index contributed by atoms with van der Waals surface area (Å²) in [4.78, 5) is 50.2. The predicted molar refractivity (Wildman–Crippen MR) is 103 cm³/mol. The smallest absolute Gasteiger partial charge is 0.282 e. The van der Waals surface area contributed by atoms with Crippen LogP contribution in [0.3, 0.4) is 0 Å². The summed E-state index contributed by atoms with van der Waals surface area (Å²) in [6, 6.07) is 11.1. The standard InChI is InChI=1S/C20H19N3O6/c1-3-29-14-9-7-13(8-10-14)11-21(2)17(24)12-22-19(25)15-5-4-6-16(23(27)28)18(15)20(22)26/h4-10H,3,11-12H2,1-2H3. The first-order valence-electron chi connectivity index (χ1n) is 8.92. The van der Waals surface area contributed by atoms with Crippen molar-refractivity contribution in [3.05, 3.63) is 69.3 Å². The van der Waals surface area contributed by atoms with Crippen LogP contribution < -0.4 is 4.74 Å². The van der Waals surface area contributed by atoms with E-state index < -0.39 is 34.9 Å². The minimum Gasteiger partial charge on any atom is -0.494 e. The van der Waals surface area contributed by atoms with Gasteiger partial charge in [-0.25, -0.2) is 0 Å². The maximum Gasteiger partial charge on any atom is 0.282 e. The van der Waals surface area contributed by atoms with Gasteiger partial charge in [0.1, 0.15) is 17.9 Å². The highest BCUT2D eigenvalue weighted by Crippen LogP contribution is 2.30. The van der Waals surface area contributed by atoms with Gasteiger partial charge in [0.15, 0.2) is 0 Å². The molecule has 0 aromatic heterocycles. The number of carbonyl (C=O) groups excluding carboxylic acids is 3. The Morgan fingerprint density at radius 3 is 2.45 bits per heavy atom. The van der Waals surface area contributed by atoms with Crippen LogP contribution in [0.2, 0.25) is 0 Å². The Morgan fingerprint density at radius 1 is 1.14 bits per heavy atom. The number of likely N-dealkylation sites (N-methyl/N-ethyl adjacent to an activating group) is 1. The quantitative estimate of drug-likeness (QED) is 0.403. The van der Waals surface area contributed by atoms with Crippen LogP contribution in [-0.2, 0) is 11.3 Å². The summed E-state index contributed by atoms with van der Waals surface area (Å²) in [7, 11) is 1.55. The van der Waals surface area contributed by atoms with Crippen molar-refractivity contribution >= 4 is 23.4 Å². The lowest BCUT2D eigenvalue weighted by Gasteiger charge is -2.21. The van der Waals surface area contributed by atoms with Crippen LogP contribution in [0.15, 0.2) is 42.5 Å². The molecule has 1 heterocycles. The zero-order valence-electron chi connectivity index (χ0n) is 16.0. The van der Waals surface area contributed by atoms with E-state index in [1.54, 1.807) is 19.2 Å². The first-order chi connectivity index (χ1) is 13.8. The van der Waals surface area contributed by atoms with E-state index in [1.807, 2.05) is 19.1 Å². The topological polar surface area (TPSA) is 110 Å². The van der Waals surface area contributed by atoms with Gasteiger partial charge >= 0.3 is 0 Å². The Balaban J connectivity index is 1.70. The fraction of sp³-hybridized carbons (Fsp3) is 0.250. The van der Waals surface area contributed by atoms with E-state index in [-0.39, 0.29) is 17.7 Å². The van der Waals surface area contributed by atoms with E-state index in [9.17, 15) is 24.5 Å². The molecule has 150 valence electrons. The van der Waals surface area contributed by atoms with Gasteiger partial charge < -0.3 is 9.64 Å². The Labute approximate surface area is 166 Å². The van der Waals surface area contributed by atoms with E-state index in [0.717, 1.165) is 22.3 Å². The minimum absolute atomic E-state index is 0.0637. The number of fused-ring (bicyclic) bond motifs is 1. The van der Waals surface area contributed by atoms with Crippen LogP contribution in [0.5, 0.6) is 5.75 Å². The molecule has 2 aromatic carbocycles. The van der Waals surface area contributed by atoms with Gasteiger partial charge in [-0.1, -0.05) is 18.2 Å². The second-order valence-corrected chi connectivity index (χ2v) is 6.48. The van der Waals surface area contributed by atoms with Crippen molar-refractivity contribution in [2.45, 2.75) is 13.5 Å². The summed E-state index contributed by atoms with van der Waals surface area (Å²) in [5.41, 5.74) is 0.0662. The zero-order valence-corrected chi connectivity index (χ0v) is 16.0. The maximum atomic E-state index is 12.6. The number of hydrogen-bond acceptors (Lipinski definition) is 6. The van der Waals surface area contributed by atoms with Crippen LogP contribution in [0.25, 0.3) is 0 Å². The van der Waals surface area contributed by atoms with E-state index in [2.05, 4.69) is 0 Å². The third-order valence-electron chi connectivity index (χ3n) is 4.55. The predicted octanol–water partition coefficient (Wildman–Crippen LogP) is 2.25. The molecular weight excluding hydrogens is 378 g/mol. The third-order valence-corrected chi connectivity index (χ3v) is 4.55. The molecule has 3 amide bonds. The van der Waals surface area contributed by atoms with Crippen LogP contribution in [0, 0.1) is 10.1 Å². The lowest BCUT2D eigenvalue weighted by Crippen LogP contribution is -2.41. The number of carbonyl (C=O) groups is 3. The summed E-state index contributed by atoms with van der Waals surface area (Å²) in [5, 5.41) is 11.2. The third kappa shape index (κ3) is 3.93. The van der Waals surface area contributed by atoms with Gasteiger partial charge in [-0.15, -0.1) is 0 Å². The van der Waals surface area contributed by atoms with Crippen LogP contribution in [0.1, 0.15) is 33.2 Å². The van der Waals surface area contributed by atoms with Crippen molar-refractivity contribution in [1.82, 2.24) is 9.80 Å². The lowest BCUT2D eigenvalue weighted by molar-refractivity contribution is -0.385. The van der Waals surface area contributed by atoms with Crippen molar-refractivity contribution in [3.63, 3.8) is 0 Å². The first kappa shape index (κ1) is 20.0. The summed E-state index contributed by atoms with van der Waals surface area (Å²) >= 11 is 0. The monoisotopic (exact) mass is 397 g/mol. The molecule has 0 radical (unpaired) electrons. The molecule has 2 aromatic rings. The number of benzene rings is 2. The van der Waals surface area contributed by atoms with Crippen molar-refractivity contribution in [2.24, 2.45) is 0 Å². The molecule has 0 saturated carbocycles. The number of imide groups is 1. The average molecular weight is 397 g/mol. The molecular formula is C20H19N3O6. The van der Waals surface area contributed by atoms with Crippen LogP contribution in [-0.4, -0.2) is 52.6 Å². The largest absolute Gasteiger partial charge is 0.494 e. The first-order valence-corrected chi connectivity index (χ1v) is 8.92. The van der Waals surface area contributed by atoms with Crippen LogP contribution in [0.4, 0.5) is 5.69 Å². The van der Waals surface area contributed by atoms with Gasteiger partial charge in [0.25, 0.3) is 17.5 Å². The number of amides is 3. The summed E-state index contributed by atoms with van der Waals surface area (Å²) in [6.45, 7) is 2.22. The Bertz CT molecular complexity index is 986. The Hall–Kier alpha value is -3.75. The van der Waals surface area contributed by atoms with Crippen molar-refractivity contribution < 1.29 is 24.0 Å². The number of nitro groups is 1. The summed E-state index contributed by atoms with van der Waals surface area (Å²) in [5.74, 6) is -1.29. The number of hydrogen-bond donors (Lipinski definition) is 0. The van der Waals surface area contributed by atoms with Gasteiger partial charge in [-0.3, -0.25) is 29.4 Å². The van der Waals surface area contributed by atoms with E-state index in [1.165, 1.54) is 17.0 Å². The molecule has 0 fully saturated rings. The molecule has 0 atom stereocenters. The maximum absolute atomic E-state index is 12.6. The molecule has 0 aliphatic carbocycles. The summed E-state index contributed by atoms with van der Waals surface area (Å²) < 4.78 is 5.37. The Morgan fingerprint density at radius 2 is 1.83 bits per heavy atom. The zero-order chi connectivity index (χ0) is 21.1. The van der Waals surface area contributed by atoms with E-state index >= 15 is 0 Å². The molecule has 0 spiro atoms. The highest BCUT2D eigenvalue weighted by molar-refractivity contribution is 6.24. The second-order valence-electron chi connectivity index (χ2n) is 6.48. The SMILES string of the molecule is CCOc1ccc(CN(C)C(=O)CN2C(=O)c3cccc([N+](=O)[O-])c3C2=O)cc1. The number of rotatable bonds is 7. The fourth-order valence-electron chi connectivity index (χ4n) is 3.09. The molecule has 29 heavy (non-hydrogen) atoms. The lowest BCUT2D eigenvalue weighted by atomic mass is 10.1. The molecule has 0 bridgehead atoms. The summed E-state index contributed by atoms with van der Waals surface area (Å²) in [6.07, 6.45) is 0. The molecule has 1 aliphatic heterocycles. The van der Waals surface area contributed by atoms with E-state index in [0.29, 0.717) is 6.61 Å². The molecule has 1 aliphatic rings. The van der Waals surface area contributed by atoms with Gasteiger partial charge in [0.05, 0.1) is 17.1 Å². The Kier molecular flexibility index (Phi) is 5.58. The molecule has 3 rings (SSSR count). The normalized spacial score (nSPS) is 12.7. The number of nitrogens with zero attached hydrogens (tertiary/aromatic N) is 3. The van der Waals surface area contributed by atoms with Gasteiger partial charge in [0, 0.05) is 19.7 Å². The van der Waals surface area contributed by atoms with Crippen molar-refractivity contribution in [1.29, 1.82) is 0 Å². The van der Waals surface area contributed by atoms with Gasteiger partial charge in [0.2, 0.25) is 5.91 Å². The molecule has 0 N–H and O–H groups in total. The highest BCUT2D eigenvalue weighted by atomic mass is 16.6. The minimum atomic E-state index is -0.833. The average Bonchev–Trinajstić information content (AvgIpc) is 2.94. The van der Waals surface area contributed by atoms with Crippen molar-refractivity contribution in [2.75, 3.05) is 20.2 Å². The second kappa shape index (κ2) is 8.09. The number of ether oxygens (including phenoxy) is 1. The van der Waals surface area contributed by atoms with Gasteiger partial charge in [-0.05, 0) is 30.7 Å². The highest BCUT2D eigenvalue weighted by Gasteiger charge is 2.41. The van der Waals surface area contributed by atoms with Gasteiger partial charge in [-0.2, -0.15) is 0 Å². The van der Waals surface area contributed by atoms with E-state index in [4.69, 9.17) is 4.74 Å². The fourth-order valence-corrected chi connectivity index (χ4v) is 3.09. The number of nitro benzene ring substituents is 1. The molecule has 0 unspecified atom stereocenters.